The minimum Gasteiger partial charge on any atom is -0.481 e. The number of hydrogen-bond donors (Lipinski definition) is 1. The maximum Gasteiger partial charge on any atom is 0.409 e. The fourth-order valence-corrected chi connectivity index (χ4v) is 2.60. The molecule has 0 unspecified atom stereocenters. The van der Waals surface area contributed by atoms with Gasteiger partial charge in [-0.25, -0.2) is 9.78 Å². The lowest BCUT2D eigenvalue weighted by atomic mass is 10.0. The first kappa shape index (κ1) is 17.3. The largest absolute Gasteiger partial charge is 0.481 e. The maximum atomic E-state index is 12.3. The molecule has 0 bridgehead atoms. The molecule has 1 N–H and O–H groups in total. The van der Waals surface area contributed by atoms with E-state index < -0.39 is 0 Å². The van der Waals surface area contributed by atoms with Crippen molar-refractivity contribution in [2.75, 3.05) is 26.8 Å². The number of piperidine rings is 1. The number of ether oxygens (including phenoxy) is 2. The predicted molar refractivity (Wildman–Crippen MR) is 84.9 cm³/mol. The van der Waals surface area contributed by atoms with Crippen LogP contribution in [-0.2, 0) is 4.74 Å². The molecule has 1 aromatic heterocycles. The number of likely N-dealkylation sites (tertiary alicyclic amines) is 1. The Morgan fingerprint density at radius 3 is 2.70 bits per heavy atom. The van der Waals surface area contributed by atoms with E-state index in [2.05, 4.69) is 10.3 Å². The Morgan fingerprint density at radius 1 is 1.39 bits per heavy atom. The van der Waals surface area contributed by atoms with E-state index in [1.807, 2.05) is 0 Å². The quantitative estimate of drug-likeness (QED) is 0.848. The summed E-state index contributed by atoms with van der Waals surface area (Å²) in [5.74, 6) is 0.0574. The lowest BCUT2D eigenvalue weighted by molar-refractivity contribution is 0.0859. The van der Waals surface area contributed by atoms with Crippen LogP contribution in [0.4, 0.5) is 4.79 Å². The first-order valence-electron chi connectivity index (χ1n) is 7.47. The highest BCUT2D eigenvalue weighted by molar-refractivity contribution is 6.29. The van der Waals surface area contributed by atoms with Crippen LogP contribution in [0.1, 0.15) is 30.1 Å². The minimum atomic E-state index is -0.303. The lowest BCUT2D eigenvalue weighted by Crippen LogP contribution is -2.46. The van der Waals surface area contributed by atoms with Crippen molar-refractivity contribution < 1.29 is 19.1 Å². The van der Waals surface area contributed by atoms with E-state index in [4.69, 9.17) is 21.1 Å². The van der Waals surface area contributed by atoms with Crippen molar-refractivity contribution in [2.45, 2.75) is 25.8 Å². The van der Waals surface area contributed by atoms with Crippen LogP contribution in [0, 0.1) is 0 Å². The fourth-order valence-electron chi connectivity index (χ4n) is 2.40. The van der Waals surface area contributed by atoms with Crippen molar-refractivity contribution in [1.29, 1.82) is 0 Å². The van der Waals surface area contributed by atoms with E-state index in [1.165, 1.54) is 19.2 Å². The summed E-state index contributed by atoms with van der Waals surface area (Å²) in [5, 5.41) is 3.15. The normalized spacial score (nSPS) is 15.2. The number of carbonyl (C=O) groups is 2. The van der Waals surface area contributed by atoms with Gasteiger partial charge in [-0.3, -0.25) is 4.79 Å². The number of hydrogen-bond acceptors (Lipinski definition) is 5. The first-order chi connectivity index (χ1) is 11.0. The summed E-state index contributed by atoms with van der Waals surface area (Å²) in [6.07, 6.45) is 1.06. The minimum absolute atomic E-state index is 0.00566. The van der Waals surface area contributed by atoms with Crippen LogP contribution in [0.3, 0.4) is 0 Å². The number of methoxy groups -OCH3 is 1. The predicted octanol–water partition coefficient (Wildman–Crippen LogP) is 2.09. The van der Waals surface area contributed by atoms with Crippen LogP contribution in [-0.4, -0.2) is 54.7 Å². The monoisotopic (exact) mass is 341 g/mol. The molecule has 23 heavy (non-hydrogen) atoms. The van der Waals surface area contributed by atoms with E-state index in [-0.39, 0.29) is 23.2 Å². The highest BCUT2D eigenvalue weighted by Crippen LogP contribution is 2.17. The summed E-state index contributed by atoms with van der Waals surface area (Å²) < 4.78 is 9.98. The van der Waals surface area contributed by atoms with E-state index in [0.717, 1.165) is 0 Å². The van der Waals surface area contributed by atoms with Gasteiger partial charge in [0.25, 0.3) is 5.91 Å². The lowest BCUT2D eigenvalue weighted by Gasteiger charge is -2.31. The Bertz CT molecular complexity index is 574. The molecule has 1 aliphatic heterocycles. The number of rotatable bonds is 4. The van der Waals surface area contributed by atoms with Gasteiger partial charge in [-0.1, -0.05) is 11.6 Å². The van der Waals surface area contributed by atoms with Gasteiger partial charge in [0, 0.05) is 30.8 Å². The van der Waals surface area contributed by atoms with Gasteiger partial charge in [-0.15, -0.1) is 0 Å². The molecule has 2 heterocycles. The Kier molecular flexibility index (Phi) is 6.04. The van der Waals surface area contributed by atoms with Gasteiger partial charge in [0.2, 0.25) is 5.88 Å². The molecule has 0 aliphatic carbocycles. The zero-order valence-corrected chi connectivity index (χ0v) is 13.9. The van der Waals surface area contributed by atoms with Crippen LogP contribution in [0.5, 0.6) is 5.88 Å². The zero-order valence-electron chi connectivity index (χ0n) is 13.2. The van der Waals surface area contributed by atoms with E-state index in [1.54, 1.807) is 11.8 Å². The van der Waals surface area contributed by atoms with Gasteiger partial charge in [0.15, 0.2) is 0 Å². The summed E-state index contributed by atoms with van der Waals surface area (Å²) in [6, 6.07) is 3.04. The molecule has 1 fully saturated rings. The number of amides is 2. The van der Waals surface area contributed by atoms with Crippen LogP contribution >= 0.6 is 11.6 Å². The van der Waals surface area contributed by atoms with Crippen molar-refractivity contribution in [3.63, 3.8) is 0 Å². The summed E-state index contributed by atoms with van der Waals surface area (Å²) in [6.45, 7) is 3.26. The van der Waals surface area contributed by atoms with Crippen LogP contribution in [0.25, 0.3) is 0 Å². The van der Waals surface area contributed by atoms with Crippen molar-refractivity contribution in [3.8, 4) is 5.88 Å². The number of pyridine rings is 1. The Hall–Kier alpha value is -2.02. The standard InChI is InChI=1S/C15H20ClN3O4/c1-3-23-15(21)19-6-4-11(5-7-19)17-14(20)10-8-12(16)18-13(9-10)22-2/h8-9,11H,3-7H2,1-2H3,(H,17,20). The number of nitrogens with one attached hydrogen (secondary N) is 1. The molecule has 0 spiro atoms. The summed E-state index contributed by atoms with van der Waals surface area (Å²) in [7, 11) is 1.46. The second-order valence-electron chi connectivity index (χ2n) is 5.15. The topological polar surface area (TPSA) is 80.8 Å². The second kappa shape index (κ2) is 8.01. The molecule has 0 radical (unpaired) electrons. The molecule has 0 aromatic carbocycles. The molecule has 126 valence electrons. The number of halogens is 1. The van der Waals surface area contributed by atoms with E-state index in [0.29, 0.717) is 44.0 Å². The average molecular weight is 342 g/mol. The molecule has 7 nitrogen and oxygen atoms in total. The van der Waals surface area contributed by atoms with Crippen molar-refractivity contribution >= 4 is 23.6 Å². The third-order valence-corrected chi connectivity index (χ3v) is 3.79. The summed E-state index contributed by atoms with van der Waals surface area (Å²) in [4.78, 5) is 29.5. The second-order valence-corrected chi connectivity index (χ2v) is 5.54. The van der Waals surface area contributed by atoms with Crippen molar-refractivity contribution in [1.82, 2.24) is 15.2 Å². The molecular formula is C15H20ClN3O4. The highest BCUT2D eigenvalue weighted by Gasteiger charge is 2.25. The summed E-state index contributed by atoms with van der Waals surface area (Å²) in [5.41, 5.74) is 0.398. The Labute approximate surface area is 139 Å². The number of nitrogens with zero attached hydrogens (tertiary/aromatic N) is 2. The molecular weight excluding hydrogens is 322 g/mol. The van der Waals surface area contributed by atoms with Gasteiger partial charge in [-0.05, 0) is 25.8 Å². The van der Waals surface area contributed by atoms with E-state index in [9.17, 15) is 9.59 Å². The molecule has 2 amide bonds. The molecule has 2 rings (SSSR count). The van der Waals surface area contributed by atoms with Crippen molar-refractivity contribution in [2.24, 2.45) is 0 Å². The van der Waals surface area contributed by atoms with E-state index >= 15 is 0 Å². The van der Waals surface area contributed by atoms with Gasteiger partial charge in [0.1, 0.15) is 5.15 Å². The molecule has 0 saturated carbocycles. The molecule has 1 aliphatic rings. The first-order valence-corrected chi connectivity index (χ1v) is 7.85. The average Bonchev–Trinajstić information content (AvgIpc) is 2.55. The molecule has 8 heteroatoms. The van der Waals surface area contributed by atoms with Gasteiger partial charge in [0.05, 0.1) is 13.7 Å². The highest BCUT2D eigenvalue weighted by atomic mass is 35.5. The van der Waals surface area contributed by atoms with Gasteiger partial charge >= 0.3 is 6.09 Å². The molecule has 1 saturated heterocycles. The molecule has 1 aromatic rings. The maximum absolute atomic E-state index is 12.3. The van der Waals surface area contributed by atoms with Gasteiger partial charge < -0.3 is 19.7 Å². The SMILES string of the molecule is CCOC(=O)N1CCC(NC(=O)c2cc(Cl)nc(OC)c2)CC1. The van der Waals surface area contributed by atoms with Crippen LogP contribution in [0.2, 0.25) is 5.15 Å². The Morgan fingerprint density at radius 2 is 2.09 bits per heavy atom. The van der Waals surface area contributed by atoms with Crippen LogP contribution < -0.4 is 10.1 Å². The third kappa shape index (κ3) is 4.72. The van der Waals surface area contributed by atoms with Crippen molar-refractivity contribution in [3.05, 3.63) is 22.8 Å². The summed E-state index contributed by atoms with van der Waals surface area (Å²) >= 11 is 5.87. The van der Waals surface area contributed by atoms with Crippen LogP contribution in [0.15, 0.2) is 12.1 Å². The number of aromatic nitrogens is 1. The fraction of sp³-hybridized carbons (Fsp3) is 0.533. The zero-order chi connectivity index (χ0) is 16.8. The Balaban J connectivity index is 1.90. The third-order valence-electron chi connectivity index (χ3n) is 3.60. The van der Waals surface area contributed by atoms with Gasteiger partial charge in [-0.2, -0.15) is 0 Å². The molecule has 0 atom stereocenters. The smallest absolute Gasteiger partial charge is 0.409 e. The number of carbonyl (C=O) groups excluding carboxylic acids is 2.